The second kappa shape index (κ2) is 3.44. The minimum Gasteiger partial charge on any atom is -0.481 e. The first-order valence-corrected chi connectivity index (χ1v) is 4.99. The third-order valence-electron chi connectivity index (χ3n) is 3.13. The average Bonchev–Trinajstić information content (AvgIpc) is 2.72. The first kappa shape index (κ1) is 9.24. The number of carboxylic acid groups (broad SMARTS) is 1. The van der Waals surface area contributed by atoms with Crippen molar-refractivity contribution in [3.05, 3.63) is 18.0 Å². The van der Waals surface area contributed by atoms with Crippen molar-refractivity contribution in [2.24, 2.45) is 0 Å². The van der Waals surface area contributed by atoms with Crippen molar-refractivity contribution in [3.8, 4) is 0 Å². The summed E-state index contributed by atoms with van der Waals surface area (Å²) in [6, 6.07) is 1.78. The zero-order chi connectivity index (χ0) is 10.0. The van der Waals surface area contributed by atoms with Gasteiger partial charge in [-0.3, -0.25) is 9.89 Å². The molecule has 0 unspecified atom stereocenters. The molecule has 76 valence electrons. The SMILES string of the molecule is O=C(O)C1(c2ccn[nH]2)CCCCC1. The number of aromatic nitrogens is 2. The van der Waals surface area contributed by atoms with E-state index in [2.05, 4.69) is 10.2 Å². The maximum atomic E-state index is 11.3. The molecule has 1 aromatic heterocycles. The Hall–Kier alpha value is -1.32. The Balaban J connectivity index is 2.35. The Kier molecular flexibility index (Phi) is 2.27. The summed E-state index contributed by atoms with van der Waals surface area (Å²) in [7, 11) is 0. The Morgan fingerprint density at radius 3 is 2.64 bits per heavy atom. The zero-order valence-corrected chi connectivity index (χ0v) is 7.99. The molecule has 0 bridgehead atoms. The summed E-state index contributed by atoms with van der Waals surface area (Å²) in [6.45, 7) is 0. The molecular formula is C10H14N2O2. The number of nitrogens with one attached hydrogen (secondary N) is 1. The van der Waals surface area contributed by atoms with Crippen molar-refractivity contribution in [2.45, 2.75) is 37.5 Å². The third-order valence-corrected chi connectivity index (χ3v) is 3.13. The second-order valence-electron chi connectivity index (χ2n) is 3.92. The van der Waals surface area contributed by atoms with Crippen molar-refractivity contribution >= 4 is 5.97 Å². The summed E-state index contributed by atoms with van der Waals surface area (Å²) in [5, 5.41) is 15.9. The monoisotopic (exact) mass is 194 g/mol. The highest BCUT2D eigenvalue weighted by Crippen LogP contribution is 2.38. The summed E-state index contributed by atoms with van der Waals surface area (Å²) >= 11 is 0. The van der Waals surface area contributed by atoms with Crippen LogP contribution in [0.15, 0.2) is 12.3 Å². The van der Waals surface area contributed by atoms with E-state index in [0.717, 1.165) is 37.8 Å². The van der Waals surface area contributed by atoms with Gasteiger partial charge in [0, 0.05) is 6.20 Å². The predicted octanol–water partition coefficient (Wildman–Crippen LogP) is 1.70. The number of carbonyl (C=O) groups is 1. The van der Waals surface area contributed by atoms with E-state index in [1.807, 2.05) is 0 Å². The van der Waals surface area contributed by atoms with E-state index in [0.29, 0.717) is 0 Å². The molecule has 2 N–H and O–H groups in total. The fourth-order valence-electron chi connectivity index (χ4n) is 2.28. The molecule has 0 saturated heterocycles. The van der Waals surface area contributed by atoms with E-state index in [1.165, 1.54) is 0 Å². The smallest absolute Gasteiger partial charge is 0.315 e. The molecule has 4 heteroatoms. The van der Waals surface area contributed by atoms with Gasteiger partial charge >= 0.3 is 5.97 Å². The molecule has 0 aromatic carbocycles. The lowest BCUT2D eigenvalue weighted by molar-refractivity contribution is -0.145. The van der Waals surface area contributed by atoms with E-state index in [9.17, 15) is 9.90 Å². The van der Waals surface area contributed by atoms with Crippen molar-refractivity contribution in [1.29, 1.82) is 0 Å². The Morgan fingerprint density at radius 1 is 1.43 bits per heavy atom. The van der Waals surface area contributed by atoms with Crippen molar-refractivity contribution < 1.29 is 9.90 Å². The van der Waals surface area contributed by atoms with Crippen molar-refractivity contribution in [2.75, 3.05) is 0 Å². The van der Waals surface area contributed by atoms with Crippen molar-refractivity contribution in [1.82, 2.24) is 10.2 Å². The lowest BCUT2D eigenvalue weighted by Crippen LogP contribution is -2.38. The minimum absolute atomic E-state index is 0.700. The minimum atomic E-state index is -0.721. The summed E-state index contributed by atoms with van der Waals surface area (Å²) in [4.78, 5) is 11.3. The average molecular weight is 194 g/mol. The maximum Gasteiger partial charge on any atom is 0.315 e. The summed E-state index contributed by atoms with van der Waals surface area (Å²) in [5.41, 5.74) is 0.0547. The largest absolute Gasteiger partial charge is 0.481 e. The van der Waals surface area contributed by atoms with Crippen LogP contribution in [0, 0.1) is 0 Å². The predicted molar refractivity (Wildman–Crippen MR) is 51.0 cm³/mol. The summed E-state index contributed by atoms with van der Waals surface area (Å²) in [5.74, 6) is -0.721. The topological polar surface area (TPSA) is 66.0 Å². The van der Waals surface area contributed by atoms with Gasteiger partial charge in [0.1, 0.15) is 5.41 Å². The Labute approximate surface area is 82.3 Å². The van der Waals surface area contributed by atoms with Gasteiger partial charge in [-0.05, 0) is 18.9 Å². The van der Waals surface area contributed by atoms with Gasteiger partial charge in [-0.2, -0.15) is 5.10 Å². The van der Waals surface area contributed by atoms with Crippen molar-refractivity contribution in [3.63, 3.8) is 0 Å². The second-order valence-corrected chi connectivity index (χ2v) is 3.92. The van der Waals surface area contributed by atoms with Crippen LogP contribution >= 0.6 is 0 Å². The molecular weight excluding hydrogens is 180 g/mol. The molecule has 0 aliphatic heterocycles. The highest BCUT2D eigenvalue weighted by Gasteiger charge is 2.42. The van der Waals surface area contributed by atoms with Gasteiger partial charge in [0.2, 0.25) is 0 Å². The molecule has 1 aromatic rings. The number of hydrogen-bond acceptors (Lipinski definition) is 2. The van der Waals surface area contributed by atoms with Gasteiger partial charge in [-0.15, -0.1) is 0 Å². The third kappa shape index (κ3) is 1.31. The van der Waals surface area contributed by atoms with Crippen LogP contribution < -0.4 is 0 Å². The molecule has 1 aliphatic carbocycles. The maximum absolute atomic E-state index is 11.3. The van der Waals surface area contributed by atoms with E-state index in [-0.39, 0.29) is 0 Å². The molecule has 2 rings (SSSR count). The standard InChI is InChI=1S/C10H14N2O2/c13-9(14)10(5-2-1-3-6-10)8-4-7-11-12-8/h4,7H,1-3,5-6H2,(H,11,12)(H,13,14). The molecule has 0 amide bonds. The van der Waals surface area contributed by atoms with E-state index in [1.54, 1.807) is 12.3 Å². The number of aliphatic carboxylic acids is 1. The first-order chi connectivity index (χ1) is 6.76. The fourth-order valence-corrected chi connectivity index (χ4v) is 2.28. The van der Waals surface area contributed by atoms with Crippen LogP contribution in [-0.2, 0) is 10.2 Å². The van der Waals surface area contributed by atoms with Crippen LogP contribution in [0.5, 0.6) is 0 Å². The van der Waals surface area contributed by atoms with Gasteiger partial charge in [0.05, 0.1) is 5.69 Å². The number of rotatable bonds is 2. The Morgan fingerprint density at radius 2 is 2.14 bits per heavy atom. The molecule has 0 radical (unpaired) electrons. The number of hydrogen-bond donors (Lipinski definition) is 2. The van der Waals surface area contributed by atoms with E-state index < -0.39 is 11.4 Å². The molecule has 1 fully saturated rings. The molecule has 1 heterocycles. The highest BCUT2D eigenvalue weighted by atomic mass is 16.4. The van der Waals surface area contributed by atoms with Gasteiger partial charge in [-0.1, -0.05) is 19.3 Å². The number of H-pyrrole nitrogens is 1. The first-order valence-electron chi connectivity index (χ1n) is 4.99. The Bertz CT molecular complexity index is 313. The van der Waals surface area contributed by atoms with Crippen LogP contribution in [-0.4, -0.2) is 21.3 Å². The van der Waals surface area contributed by atoms with Gasteiger partial charge < -0.3 is 5.11 Å². The molecule has 1 aliphatic rings. The van der Waals surface area contributed by atoms with Gasteiger partial charge in [0.25, 0.3) is 0 Å². The molecule has 0 spiro atoms. The van der Waals surface area contributed by atoms with Crippen LogP contribution in [0.3, 0.4) is 0 Å². The number of aromatic amines is 1. The normalized spacial score (nSPS) is 20.6. The zero-order valence-electron chi connectivity index (χ0n) is 7.99. The highest BCUT2D eigenvalue weighted by molar-refractivity contribution is 5.80. The molecule has 14 heavy (non-hydrogen) atoms. The lowest BCUT2D eigenvalue weighted by Gasteiger charge is -2.31. The fraction of sp³-hybridized carbons (Fsp3) is 0.600. The summed E-state index contributed by atoms with van der Waals surface area (Å²) in [6.07, 6.45) is 6.20. The van der Waals surface area contributed by atoms with Crippen LogP contribution in [0.1, 0.15) is 37.8 Å². The molecule has 0 atom stereocenters. The number of nitrogens with zero attached hydrogens (tertiary/aromatic N) is 1. The van der Waals surface area contributed by atoms with Crippen LogP contribution in [0.2, 0.25) is 0 Å². The van der Waals surface area contributed by atoms with Crippen LogP contribution in [0.4, 0.5) is 0 Å². The summed E-state index contributed by atoms with van der Waals surface area (Å²) < 4.78 is 0. The quantitative estimate of drug-likeness (QED) is 0.753. The van der Waals surface area contributed by atoms with Crippen LogP contribution in [0.25, 0.3) is 0 Å². The molecule has 1 saturated carbocycles. The van der Waals surface area contributed by atoms with E-state index in [4.69, 9.17) is 0 Å². The van der Waals surface area contributed by atoms with Gasteiger partial charge in [-0.25, -0.2) is 0 Å². The number of carboxylic acids is 1. The molecule has 4 nitrogen and oxygen atoms in total. The van der Waals surface area contributed by atoms with E-state index >= 15 is 0 Å². The van der Waals surface area contributed by atoms with Gasteiger partial charge in [0.15, 0.2) is 0 Å². The lowest BCUT2D eigenvalue weighted by atomic mass is 9.72.